The Morgan fingerprint density at radius 3 is 2.35 bits per heavy atom. The Morgan fingerprint density at radius 2 is 1.74 bits per heavy atom. The Morgan fingerprint density at radius 1 is 1.03 bits per heavy atom. The lowest BCUT2D eigenvalue weighted by Gasteiger charge is -2.37. The van der Waals surface area contributed by atoms with Crippen molar-refractivity contribution < 1.29 is 47.0 Å². The molecule has 17 heteroatoms. The smallest absolute Gasteiger partial charge is 0.404 e. The van der Waals surface area contributed by atoms with E-state index in [1.165, 1.54) is 11.0 Å². The number of pyridine rings is 1. The van der Waals surface area contributed by atoms with Crippen molar-refractivity contribution in [3.63, 3.8) is 0 Å². The average molecular weight is 873 g/mol. The number of aromatic nitrogens is 1. The number of nitrogens with one attached hydrogen (secondary N) is 3. The van der Waals surface area contributed by atoms with E-state index in [0.717, 1.165) is 5.56 Å². The highest BCUT2D eigenvalue weighted by atomic mass is 32.2. The highest BCUT2D eigenvalue weighted by Gasteiger charge is 2.62. The second-order valence-electron chi connectivity index (χ2n) is 18.1. The van der Waals surface area contributed by atoms with Crippen LogP contribution in [0.15, 0.2) is 67.3 Å². The van der Waals surface area contributed by atoms with Crippen molar-refractivity contribution in [1.82, 2.24) is 30.1 Å². The zero-order chi connectivity index (χ0) is 44.6. The van der Waals surface area contributed by atoms with Crippen LogP contribution >= 0.6 is 0 Å². The third kappa shape index (κ3) is 9.67. The Labute approximate surface area is 361 Å². The van der Waals surface area contributed by atoms with Gasteiger partial charge in [-0.2, -0.15) is 0 Å². The summed E-state index contributed by atoms with van der Waals surface area (Å²) >= 11 is 0. The minimum Gasteiger partial charge on any atom is -0.497 e. The number of fused-ring (bicyclic) bond motifs is 1. The number of benzene rings is 2. The van der Waals surface area contributed by atoms with E-state index in [4.69, 9.17) is 19.6 Å². The van der Waals surface area contributed by atoms with Crippen LogP contribution in [0.2, 0.25) is 0 Å². The minimum atomic E-state index is -3.93. The second kappa shape index (κ2) is 17.6. The van der Waals surface area contributed by atoms with Crippen molar-refractivity contribution in [1.29, 1.82) is 0 Å². The standard InChI is InChI=1S/C45H56N6O10S/c1-6-29-24-45(29,42(55)49-62(58,59)32-13-14-32)48-40(53)37-21-31(61-38-23-35(28-10-8-7-9-11-28)47-36-20-30(60-5)12-15-33(36)38)26-51(37)41(54)34(44(2,3)4)22-39(52)50-18-16-27(17-19-50)25-46-43(56)57/h6-12,15,20,23,27,29,31-32,34,37,46H,1,13-14,16-19,21-22,24-26H2,2-5H3,(H,48,53)(H,49,55)(H,56,57)/t29-,31-,34-,37+,45-/m1/s1. The average Bonchev–Trinajstić information content (AvgIpc) is 4.18. The molecular formula is C45H56N6O10S. The van der Waals surface area contributed by atoms with Gasteiger partial charge in [-0.25, -0.2) is 18.2 Å². The Balaban J connectivity index is 1.18. The summed E-state index contributed by atoms with van der Waals surface area (Å²) in [6.45, 7) is 10.5. The molecule has 5 amide bonds. The molecule has 16 nitrogen and oxygen atoms in total. The molecule has 0 bridgehead atoms. The molecule has 4 N–H and O–H groups in total. The number of amides is 5. The van der Waals surface area contributed by atoms with E-state index in [2.05, 4.69) is 21.9 Å². The number of carbonyl (C=O) groups excluding carboxylic acids is 4. The molecule has 0 unspecified atom stereocenters. The summed E-state index contributed by atoms with van der Waals surface area (Å²) in [6, 6.07) is 15.7. The number of nitrogens with zero attached hydrogens (tertiary/aromatic N) is 3. The van der Waals surface area contributed by atoms with Gasteiger partial charge in [0.25, 0.3) is 5.91 Å². The van der Waals surface area contributed by atoms with Crippen LogP contribution in [0.3, 0.4) is 0 Å². The van der Waals surface area contributed by atoms with Gasteiger partial charge in [0.15, 0.2) is 0 Å². The molecular weight excluding hydrogens is 817 g/mol. The van der Waals surface area contributed by atoms with Gasteiger partial charge in [-0.3, -0.25) is 23.9 Å². The van der Waals surface area contributed by atoms with Crippen LogP contribution < -0.4 is 24.8 Å². The summed E-state index contributed by atoms with van der Waals surface area (Å²) in [4.78, 5) is 76.3. The van der Waals surface area contributed by atoms with Crippen LogP contribution in [0.1, 0.15) is 65.7 Å². The molecule has 3 heterocycles. The van der Waals surface area contributed by atoms with Crippen LogP contribution in [0.25, 0.3) is 22.2 Å². The molecule has 0 spiro atoms. The number of methoxy groups -OCH3 is 1. The van der Waals surface area contributed by atoms with E-state index in [1.807, 2.05) is 63.2 Å². The van der Waals surface area contributed by atoms with Gasteiger partial charge in [0.1, 0.15) is 29.2 Å². The topological polar surface area (TPSA) is 214 Å². The number of piperidine rings is 1. The minimum absolute atomic E-state index is 0.0255. The highest BCUT2D eigenvalue weighted by molar-refractivity contribution is 7.91. The van der Waals surface area contributed by atoms with Gasteiger partial charge in [0.2, 0.25) is 27.7 Å². The van der Waals surface area contributed by atoms with Crippen LogP contribution in [-0.2, 0) is 29.2 Å². The monoisotopic (exact) mass is 872 g/mol. The number of hydrogen-bond donors (Lipinski definition) is 4. The van der Waals surface area contributed by atoms with Crippen molar-refractivity contribution in [3.8, 4) is 22.8 Å². The zero-order valence-electron chi connectivity index (χ0n) is 35.6. The van der Waals surface area contributed by atoms with Crippen molar-refractivity contribution in [3.05, 3.63) is 67.3 Å². The van der Waals surface area contributed by atoms with Crippen LogP contribution in [0.4, 0.5) is 4.79 Å². The van der Waals surface area contributed by atoms with Crippen LogP contribution in [-0.4, -0.2) is 114 Å². The van der Waals surface area contributed by atoms with Gasteiger partial charge >= 0.3 is 6.09 Å². The fraction of sp³-hybridized carbons (Fsp3) is 0.511. The third-order valence-electron chi connectivity index (χ3n) is 12.7. The molecule has 3 aromatic rings. The van der Waals surface area contributed by atoms with Gasteiger partial charge < -0.3 is 35.0 Å². The first kappa shape index (κ1) is 44.3. The third-order valence-corrected chi connectivity index (χ3v) is 14.5. The van der Waals surface area contributed by atoms with E-state index < -0.39 is 74.0 Å². The summed E-state index contributed by atoms with van der Waals surface area (Å²) in [6.07, 6.45) is 1.82. The fourth-order valence-corrected chi connectivity index (χ4v) is 9.98. The number of ether oxygens (including phenoxy) is 2. The first-order chi connectivity index (χ1) is 29.4. The molecule has 62 heavy (non-hydrogen) atoms. The van der Waals surface area contributed by atoms with E-state index in [-0.39, 0.29) is 37.6 Å². The molecule has 332 valence electrons. The van der Waals surface area contributed by atoms with Gasteiger partial charge in [0.05, 0.1) is 36.0 Å². The predicted octanol–water partition coefficient (Wildman–Crippen LogP) is 4.49. The maximum absolute atomic E-state index is 15.0. The largest absolute Gasteiger partial charge is 0.497 e. The molecule has 5 atom stereocenters. The highest BCUT2D eigenvalue weighted by Crippen LogP contribution is 2.46. The molecule has 2 aliphatic carbocycles. The molecule has 7 rings (SSSR count). The van der Waals surface area contributed by atoms with E-state index in [9.17, 15) is 27.6 Å². The van der Waals surface area contributed by atoms with Crippen LogP contribution in [0, 0.1) is 23.2 Å². The second-order valence-corrected chi connectivity index (χ2v) is 20.0. The summed E-state index contributed by atoms with van der Waals surface area (Å²) in [7, 11) is -2.37. The maximum Gasteiger partial charge on any atom is 0.404 e. The molecule has 2 aromatic carbocycles. The summed E-state index contributed by atoms with van der Waals surface area (Å²) in [5.41, 5.74) is -0.231. The lowest BCUT2D eigenvalue weighted by molar-refractivity contribution is -0.149. The van der Waals surface area contributed by atoms with Crippen molar-refractivity contribution in [2.45, 2.75) is 88.7 Å². The van der Waals surface area contributed by atoms with E-state index in [1.54, 1.807) is 24.1 Å². The normalized spacial score (nSPS) is 23.3. The lowest BCUT2D eigenvalue weighted by Crippen LogP contribution is -2.57. The SMILES string of the molecule is C=C[C@@H]1C[C@]1(NC(=O)[C@@H]1C[C@@H](Oc2cc(-c3ccccc3)nc3cc(OC)ccc23)CN1C(=O)[C@@H](CC(=O)N1CCC(CNC(=O)O)CC1)C(C)(C)C)C(=O)NS(=O)(=O)C1CC1. The molecule has 4 fully saturated rings. The van der Waals surface area contributed by atoms with Crippen molar-refractivity contribution >= 4 is 50.6 Å². The lowest BCUT2D eigenvalue weighted by atomic mass is 9.77. The fourth-order valence-electron chi connectivity index (χ4n) is 8.62. The van der Waals surface area contributed by atoms with Gasteiger partial charge in [-0.05, 0) is 55.6 Å². The number of rotatable bonds is 15. The Kier molecular flexibility index (Phi) is 12.6. The Bertz CT molecular complexity index is 2340. The van der Waals surface area contributed by atoms with Gasteiger partial charge in [-0.1, -0.05) is 57.2 Å². The first-order valence-corrected chi connectivity index (χ1v) is 22.7. The first-order valence-electron chi connectivity index (χ1n) is 21.2. The molecule has 0 radical (unpaired) electrons. The summed E-state index contributed by atoms with van der Waals surface area (Å²) in [5, 5.41) is 14.3. The number of carboxylic acid groups (broad SMARTS) is 1. The number of likely N-dealkylation sites (tertiary alicyclic amines) is 2. The van der Waals surface area contributed by atoms with Gasteiger partial charge in [0, 0.05) is 61.5 Å². The van der Waals surface area contributed by atoms with E-state index in [0.29, 0.717) is 73.4 Å². The molecule has 2 saturated carbocycles. The maximum atomic E-state index is 15.0. The van der Waals surface area contributed by atoms with E-state index >= 15 is 4.79 Å². The van der Waals surface area contributed by atoms with Crippen molar-refractivity contribution in [2.24, 2.45) is 23.2 Å². The zero-order valence-corrected chi connectivity index (χ0v) is 36.4. The number of hydrogen-bond acceptors (Lipinski definition) is 10. The summed E-state index contributed by atoms with van der Waals surface area (Å²) in [5.74, 6) is -2.41. The summed E-state index contributed by atoms with van der Waals surface area (Å²) < 4.78 is 40.1. The predicted molar refractivity (Wildman–Crippen MR) is 230 cm³/mol. The van der Waals surface area contributed by atoms with Crippen molar-refractivity contribution in [2.75, 3.05) is 33.3 Å². The van der Waals surface area contributed by atoms with Crippen LogP contribution in [0.5, 0.6) is 11.5 Å². The number of carbonyl (C=O) groups is 5. The number of sulfonamides is 1. The molecule has 2 saturated heterocycles. The quantitative estimate of drug-likeness (QED) is 0.156. The van der Waals surface area contributed by atoms with Gasteiger partial charge in [-0.15, -0.1) is 6.58 Å². The Hall–Kier alpha value is -5.71. The molecule has 1 aromatic heterocycles. The molecule has 2 aliphatic heterocycles. The molecule has 4 aliphatic rings.